The van der Waals surface area contributed by atoms with E-state index in [1.165, 1.54) is 65.7 Å². The Morgan fingerprint density at radius 3 is 1.98 bits per heavy atom. The summed E-state index contributed by atoms with van der Waals surface area (Å²) < 4.78 is 0. The highest BCUT2D eigenvalue weighted by Crippen LogP contribution is 2.56. The topological polar surface area (TPSA) is 25.8 Å². The van der Waals surface area contributed by atoms with E-state index < -0.39 is 0 Å². The maximum Gasteiger partial charge on any atom is 0.0972 e. The first-order valence-electron chi connectivity index (χ1n) is 16.3. The van der Waals surface area contributed by atoms with Crippen LogP contribution in [-0.2, 0) is 5.41 Å². The van der Waals surface area contributed by atoms with Crippen molar-refractivity contribution in [1.82, 2.24) is 9.97 Å². The van der Waals surface area contributed by atoms with Crippen molar-refractivity contribution in [1.29, 1.82) is 0 Å². The average molecular weight is 599 g/mol. The van der Waals surface area contributed by atoms with Crippen LogP contribution in [-0.4, -0.2) is 9.97 Å². The lowest BCUT2D eigenvalue weighted by Gasteiger charge is -2.25. The standard InChI is InChI=1S/C45H30N2/c1-45(2)41-33-21-18-30(29-9-7-10-32(26-29)39-23-20-28-17-16-27-11-8-24-46-43(27)44(28)47-39)25-31(33)19-22-38(41)40-36-14-5-3-12-34(36)35-13-4-6-15-37(35)42(40)45/h3-26H,1-2H3. The summed E-state index contributed by atoms with van der Waals surface area (Å²) in [7, 11) is 0. The van der Waals surface area contributed by atoms with Crippen LogP contribution in [0.5, 0.6) is 0 Å². The number of nitrogens with zero attached hydrogens (tertiary/aromatic N) is 2. The lowest BCUT2D eigenvalue weighted by Crippen LogP contribution is -2.16. The molecule has 0 saturated heterocycles. The lowest BCUT2D eigenvalue weighted by atomic mass is 9.77. The Kier molecular flexibility index (Phi) is 5.37. The Morgan fingerprint density at radius 2 is 1.13 bits per heavy atom. The maximum absolute atomic E-state index is 5.11. The molecule has 0 bridgehead atoms. The van der Waals surface area contributed by atoms with Crippen molar-refractivity contribution >= 4 is 54.1 Å². The number of aromatic nitrogens is 2. The minimum atomic E-state index is -0.143. The molecule has 9 aromatic rings. The van der Waals surface area contributed by atoms with Crippen LogP contribution in [0, 0.1) is 0 Å². The Morgan fingerprint density at radius 1 is 0.447 bits per heavy atom. The fourth-order valence-corrected chi connectivity index (χ4v) is 8.33. The molecular weight excluding hydrogens is 569 g/mol. The molecule has 1 aliphatic rings. The molecule has 0 atom stereocenters. The first-order chi connectivity index (χ1) is 23.1. The zero-order valence-electron chi connectivity index (χ0n) is 26.3. The third-order valence-electron chi connectivity index (χ3n) is 10.4. The minimum absolute atomic E-state index is 0.143. The van der Waals surface area contributed by atoms with E-state index in [2.05, 4.69) is 152 Å². The summed E-state index contributed by atoms with van der Waals surface area (Å²) >= 11 is 0. The van der Waals surface area contributed by atoms with Gasteiger partial charge >= 0.3 is 0 Å². The van der Waals surface area contributed by atoms with E-state index in [0.717, 1.165) is 33.1 Å². The molecule has 7 aromatic carbocycles. The molecule has 2 nitrogen and oxygen atoms in total. The van der Waals surface area contributed by atoms with Crippen molar-refractivity contribution in [3.05, 3.63) is 157 Å². The molecule has 0 saturated carbocycles. The van der Waals surface area contributed by atoms with E-state index in [0.29, 0.717) is 0 Å². The van der Waals surface area contributed by atoms with Crippen LogP contribution in [0.2, 0.25) is 0 Å². The summed E-state index contributed by atoms with van der Waals surface area (Å²) in [6.45, 7) is 4.82. The quantitative estimate of drug-likeness (QED) is 0.185. The lowest BCUT2D eigenvalue weighted by molar-refractivity contribution is 0.672. The van der Waals surface area contributed by atoms with Gasteiger partial charge in [-0.05, 0) is 90.0 Å². The third kappa shape index (κ3) is 3.73. The van der Waals surface area contributed by atoms with Gasteiger partial charge in [0.05, 0.1) is 16.7 Å². The highest BCUT2D eigenvalue weighted by atomic mass is 14.7. The molecule has 2 heterocycles. The van der Waals surface area contributed by atoms with Crippen molar-refractivity contribution in [3.63, 3.8) is 0 Å². The van der Waals surface area contributed by atoms with Gasteiger partial charge in [-0.15, -0.1) is 0 Å². The van der Waals surface area contributed by atoms with Crippen LogP contribution in [0.25, 0.3) is 87.6 Å². The van der Waals surface area contributed by atoms with E-state index >= 15 is 0 Å². The first-order valence-corrected chi connectivity index (χ1v) is 16.3. The summed E-state index contributed by atoms with van der Waals surface area (Å²) in [6, 6.07) is 50.9. The highest BCUT2D eigenvalue weighted by molar-refractivity contribution is 6.19. The van der Waals surface area contributed by atoms with Gasteiger partial charge in [0.1, 0.15) is 0 Å². The average Bonchev–Trinajstić information content (AvgIpc) is 3.38. The normalized spacial score (nSPS) is 13.5. The Bertz CT molecular complexity index is 2770. The van der Waals surface area contributed by atoms with Crippen LogP contribution in [0.4, 0.5) is 0 Å². The number of hydrogen-bond acceptors (Lipinski definition) is 2. The van der Waals surface area contributed by atoms with Gasteiger partial charge in [-0.3, -0.25) is 4.98 Å². The van der Waals surface area contributed by atoms with Gasteiger partial charge in [0, 0.05) is 27.9 Å². The first kappa shape index (κ1) is 26.4. The molecule has 0 fully saturated rings. The molecular formula is C45H30N2. The molecule has 0 radical (unpaired) electrons. The molecule has 0 amide bonds. The third-order valence-corrected chi connectivity index (χ3v) is 10.4. The second-order valence-electron chi connectivity index (χ2n) is 13.4. The van der Waals surface area contributed by atoms with Crippen molar-refractivity contribution in [2.45, 2.75) is 19.3 Å². The Hall–Kier alpha value is -5.86. The van der Waals surface area contributed by atoms with Gasteiger partial charge < -0.3 is 0 Å². The number of pyridine rings is 2. The molecule has 1 aliphatic carbocycles. The molecule has 2 aromatic heterocycles. The predicted octanol–water partition coefficient (Wildman–Crippen LogP) is 11.9. The van der Waals surface area contributed by atoms with Crippen molar-refractivity contribution < 1.29 is 0 Å². The summed E-state index contributed by atoms with van der Waals surface area (Å²) in [5.74, 6) is 0. The molecule has 2 heteroatoms. The molecule has 0 unspecified atom stereocenters. The van der Waals surface area contributed by atoms with Crippen LogP contribution in [0.15, 0.2) is 146 Å². The van der Waals surface area contributed by atoms with E-state index in [-0.39, 0.29) is 5.41 Å². The Balaban J connectivity index is 1.12. The molecule has 47 heavy (non-hydrogen) atoms. The summed E-state index contributed by atoms with van der Waals surface area (Å²) in [4.78, 5) is 9.77. The number of benzene rings is 7. The second-order valence-corrected chi connectivity index (χ2v) is 13.4. The van der Waals surface area contributed by atoms with Gasteiger partial charge in [-0.2, -0.15) is 0 Å². The van der Waals surface area contributed by atoms with Crippen LogP contribution in [0.1, 0.15) is 25.0 Å². The van der Waals surface area contributed by atoms with Crippen molar-refractivity contribution in [3.8, 4) is 33.5 Å². The second kappa shape index (κ2) is 9.57. The predicted molar refractivity (Wildman–Crippen MR) is 198 cm³/mol. The van der Waals surface area contributed by atoms with Gasteiger partial charge in [0.15, 0.2) is 0 Å². The largest absolute Gasteiger partial charge is 0.254 e. The van der Waals surface area contributed by atoms with Gasteiger partial charge in [-0.1, -0.05) is 129 Å². The smallest absolute Gasteiger partial charge is 0.0972 e. The molecule has 220 valence electrons. The fourth-order valence-electron chi connectivity index (χ4n) is 8.33. The highest BCUT2D eigenvalue weighted by Gasteiger charge is 2.39. The molecule has 10 rings (SSSR count). The van der Waals surface area contributed by atoms with Gasteiger partial charge in [0.2, 0.25) is 0 Å². The van der Waals surface area contributed by atoms with Crippen LogP contribution < -0.4 is 0 Å². The van der Waals surface area contributed by atoms with E-state index in [4.69, 9.17) is 4.98 Å². The summed E-state index contributed by atoms with van der Waals surface area (Å²) in [5, 5.41) is 10.2. The van der Waals surface area contributed by atoms with Gasteiger partial charge in [-0.25, -0.2) is 4.98 Å². The SMILES string of the molecule is CC1(C)c2c(ccc3cc(-c4cccc(-c5ccc6ccc7cccnc7c6n5)c4)ccc23)-c2c1c1ccccc1c1ccccc21. The number of hydrogen-bond donors (Lipinski definition) is 0. The summed E-state index contributed by atoms with van der Waals surface area (Å²) in [6.07, 6.45) is 1.84. The molecule has 0 spiro atoms. The number of fused-ring (bicyclic) bond motifs is 13. The molecule has 0 N–H and O–H groups in total. The van der Waals surface area contributed by atoms with Crippen molar-refractivity contribution in [2.24, 2.45) is 0 Å². The maximum atomic E-state index is 5.11. The fraction of sp³-hybridized carbons (Fsp3) is 0.0667. The van der Waals surface area contributed by atoms with Crippen molar-refractivity contribution in [2.75, 3.05) is 0 Å². The Labute approximate surface area is 273 Å². The van der Waals surface area contributed by atoms with E-state index in [1.54, 1.807) is 0 Å². The van der Waals surface area contributed by atoms with Crippen LogP contribution >= 0.6 is 0 Å². The van der Waals surface area contributed by atoms with Gasteiger partial charge in [0.25, 0.3) is 0 Å². The van der Waals surface area contributed by atoms with E-state index in [9.17, 15) is 0 Å². The summed E-state index contributed by atoms with van der Waals surface area (Å²) in [5.41, 5.74) is 11.8. The van der Waals surface area contributed by atoms with Crippen LogP contribution in [0.3, 0.4) is 0 Å². The zero-order chi connectivity index (χ0) is 31.3. The minimum Gasteiger partial charge on any atom is -0.254 e. The number of rotatable bonds is 2. The van der Waals surface area contributed by atoms with E-state index in [1.807, 2.05) is 12.3 Å². The monoisotopic (exact) mass is 598 g/mol. The zero-order valence-corrected chi connectivity index (χ0v) is 26.3. The molecule has 0 aliphatic heterocycles.